The van der Waals surface area contributed by atoms with E-state index < -0.39 is 0 Å². The molecule has 0 aromatic carbocycles. The molecule has 22 heavy (non-hydrogen) atoms. The maximum Gasteiger partial charge on any atom is 0.325 e. The number of aromatic nitrogens is 4. The molecule has 2 amide bonds. The van der Waals surface area contributed by atoms with E-state index in [0.29, 0.717) is 10.4 Å². The van der Waals surface area contributed by atoms with E-state index in [4.69, 9.17) is 0 Å². The van der Waals surface area contributed by atoms with Crippen molar-refractivity contribution in [3.05, 3.63) is 24.0 Å². The number of nitrogens with zero attached hydrogens (tertiary/aromatic N) is 6. The van der Waals surface area contributed by atoms with Gasteiger partial charge in [-0.2, -0.15) is 10.2 Å². The molecule has 2 heterocycles. The number of amides is 2. The molecule has 0 aliphatic rings. The molecular weight excluding hydrogens is 320 g/mol. The minimum absolute atomic E-state index is 0.125. The number of rotatable bonds is 5. The van der Waals surface area contributed by atoms with Crippen LogP contribution in [-0.2, 0) is 6.42 Å². The molecule has 9 heteroatoms. The first kappa shape index (κ1) is 16.6. The minimum atomic E-state index is -0.125. The zero-order chi connectivity index (χ0) is 16.1. The van der Waals surface area contributed by atoms with Crippen LogP contribution in [0.15, 0.2) is 22.7 Å². The summed E-state index contributed by atoms with van der Waals surface area (Å²) in [5.41, 5.74) is 0.951. The van der Waals surface area contributed by atoms with Gasteiger partial charge in [-0.15, -0.1) is 10.2 Å². The van der Waals surface area contributed by atoms with E-state index >= 15 is 0 Å². The van der Waals surface area contributed by atoms with Gasteiger partial charge >= 0.3 is 6.03 Å². The summed E-state index contributed by atoms with van der Waals surface area (Å²) < 4.78 is 0.838. The first-order valence-electron chi connectivity index (χ1n) is 6.69. The molecule has 0 fully saturated rings. The number of thioether (sulfide) groups is 1. The molecule has 0 spiro atoms. The molecule has 0 radical (unpaired) electrons. The monoisotopic (exact) mass is 338 g/mol. The van der Waals surface area contributed by atoms with Gasteiger partial charge in [0.15, 0.2) is 4.34 Å². The molecule has 2 rings (SSSR count). The lowest BCUT2D eigenvalue weighted by atomic mass is 10.2. The number of carbonyl (C=O) groups excluding carboxylic acids is 1. The first-order valence-corrected chi connectivity index (χ1v) is 8.38. The zero-order valence-electron chi connectivity index (χ0n) is 12.9. The van der Waals surface area contributed by atoms with Gasteiger partial charge in [-0.1, -0.05) is 30.0 Å². The second-order valence-corrected chi connectivity index (χ2v) is 7.58. The number of carbonyl (C=O) groups is 1. The Labute approximate surface area is 137 Å². The van der Waals surface area contributed by atoms with Crippen molar-refractivity contribution in [3.63, 3.8) is 0 Å². The van der Waals surface area contributed by atoms with Crippen LogP contribution in [0.25, 0.3) is 0 Å². The summed E-state index contributed by atoms with van der Waals surface area (Å²) in [5, 5.41) is 17.1. The van der Waals surface area contributed by atoms with E-state index in [0.717, 1.165) is 16.5 Å². The van der Waals surface area contributed by atoms with Crippen LogP contribution < -0.4 is 4.90 Å². The molecule has 0 saturated carbocycles. The van der Waals surface area contributed by atoms with Crippen LogP contribution >= 0.6 is 23.1 Å². The normalized spacial score (nSPS) is 12.0. The molecule has 7 nitrogen and oxygen atoms in total. The molecule has 0 aliphatic carbocycles. The van der Waals surface area contributed by atoms with Crippen molar-refractivity contribution in [3.8, 4) is 0 Å². The summed E-state index contributed by atoms with van der Waals surface area (Å²) in [7, 11) is 5.11. The van der Waals surface area contributed by atoms with Gasteiger partial charge in [0.2, 0.25) is 5.13 Å². The van der Waals surface area contributed by atoms with Crippen molar-refractivity contribution < 1.29 is 4.79 Å². The largest absolute Gasteiger partial charge is 0.330 e. The van der Waals surface area contributed by atoms with Crippen molar-refractivity contribution >= 4 is 34.3 Å². The summed E-state index contributed by atoms with van der Waals surface area (Å²) in [4.78, 5) is 14.9. The molecule has 0 bridgehead atoms. The SMILES string of the molecule is CC(Cc1cccnn1)Sc1nnc(N(C)C(=O)N(C)C)s1. The van der Waals surface area contributed by atoms with Gasteiger partial charge in [0.05, 0.1) is 5.69 Å². The molecule has 2 aromatic rings. The summed E-state index contributed by atoms with van der Waals surface area (Å²) in [6.45, 7) is 2.11. The summed E-state index contributed by atoms with van der Waals surface area (Å²) in [6, 6.07) is 3.71. The Balaban J connectivity index is 1.95. The topological polar surface area (TPSA) is 75.1 Å². The van der Waals surface area contributed by atoms with E-state index in [9.17, 15) is 4.79 Å². The Morgan fingerprint density at radius 3 is 2.73 bits per heavy atom. The van der Waals surface area contributed by atoms with Crippen molar-refractivity contribution in [2.24, 2.45) is 0 Å². The molecular formula is C13H18N6OS2. The predicted octanol–water partition coefficient (Wildman–Crippen LogP) is 2.17. The lowest BCUT2D eigenvalue weighted by molar-refractivity contribution is 0.225. The number of hydrogen-bond donors (Lipinski definition) is 0. The third kappa shape index (κ3) is 4.38. The highest BCUT2D eigenvalue weighted by molar-refractivity contribution is 8.01. The van der Waals surface area contributed by atoms with Gasteiger partial charge in [-0.25, -0.2) is 4.79 Å². The van der Waals surface area contributed by atoms with Crippen LogP contribution in [-0.4, -0.2) is 57.7 Å². The van der Waals surface area contributed by atoms with E-state index in [1.54, 1.807) is 39.1 Å². The van der Waals surface area contributed by atoms with E-state index in [-0.39, 0.29) is 6.03 Å². The highest BCUT2D eigenvalue weighted by Crippen LogP contribution is 2.31. The fourth-order valence-electron chi connectivity index (χ4n) is 1.72. The maximum absolute atomic E-state index is 11.9. The first-order chi connectivity index (χ1) is 10.5. The predicted molar refractivity (Wildman–Crippen MR) is 88.5 cm³/mol. The standard InChI is InChI=1S/C13H18N6OS2/c1-9(8-10-6-5-7-14-15-10)21-12-17-16-11(22-12)19(4)13(20)18(2)3/h5-7,9H,8H2,1-4H3. The molecule has 2 aromatic heterocycles. The van der Waals surface area contributed by atoms with E-state index in [1.807, 2.05) is 12.1 Å². The Morgan fingerprint density at radius 2 is 2.09 bits per heavy atom. The van der Waals surface area contributed by atoms with Crippen LogP contribution in [0.3, 0.4) is 0 Å². The van der Waals surface area contributed by atoms with Crippen LogP contribution in [0.4, 0.5) is 9.93 Å². The second kappa shape index (κ2) is 7.50. The minimum Gasteiger partial charge on any atom is -0.330 e. The summed E-state index contributed by atoms with van der Waals surface area (Å²) in [6.07, 6.45) is 2.47. The number of anilines is 1. The Hall–Kier alpha value is -1.74. The summed E-state index contributed by atoms with van der Waals surface area (Å²) >= 11 is 3.03. The van der Waals surface area contributed by atoms with Crippen molar-refractivity contribution in [1.29, 1.82) is 0 Å². The number of urea groups is 1. The fraction of sp³-hybridized carbons (Fsp3) is 0.462. The average Bonchev–Trinajstić information content (AvgIpc) is 2.94. The maximum atomic E-state index is 11.9. The quantitative estimate of drug-likeness (QED) is 0.614. The molecule has 1 unspecified atom stereocenters. The lowest BCUT2D eigenvalue weighted by Gasteiger charge is -2.18. The van der Waals surface area contributed by atoms with Crippen LogP contribution in [0.5, 0.6) is 0 Å². The highest BCUT2D eigenvalue weighted by Gasteiger charge is 2.18. The average molecular weight is 338 g/mol. The Morgan fingerprint density at radius 1 is 1.32 bits per heavy atom. The Bertz CT molecular complexity index is 618. The van der Waals surface area contributed by atoms with E-state index in [2.05, 4.69) is 27.3 Å². The van der Waals surface area contributed by atoms with Crippen molar-refractivity contribution in [1.82, 2.24) is 25.3 Å². The van der Waals surface area contributed by atoms with Gasteiger partial charge in [0.25, 0.3) is 0 Å². The zero-order valence-corrected chi connectivity index (χ0v) is 14.6. The van der Waals surface area contributed by atoms with Gasteiger partial charge in [0.1, 0.15) is 0 Å². The van der Waals surface area contributed by atoms with Gasteiger partial charge in [0, 0.05) is 39.0 Å². The third-order valence-electron chi connectivity index (χ3n) is 2.78. The fourth-order valence-corrected chi connectivity index (χ4v) is 3.85. The molecule has 0 N–H and O–H groups in total. The lowest BCUT2D eigenvalue weighted by Crippen LogP contribution is -2.36. The Kier molecular flexibility index (Phi) is 5.67. The van der Waals surface area contributed by atoms with Crippen LogP contribution in [0.2, 0.25) is 0 Å². The van der Waals surface area contributed by atoms with Gasteiger partial charge in [-0.05, 0) is 12.1 Å². The highest BCUT2D eigenvalue weighted by atomic mass is 32.2. The second-order valence-electron chi connectivity index (χ2n) is 4.93. The molecule has 1 atom stereocenters. The van der Waals surface area contributed by atoms with E-state index in [1.165, 1.54) is 21.1 Å². The third-order valence-corrected chi connectivity index (χ3v) is 4.96. The molecule has 118 valence electrons. The molecule has 0 saturated heterocycles. The summed E-state index contributed by atoms with van der Waals surface area (Å²) in [5.74, 6) is 0. The van der Waals surface area contributed by atoms with Gasteiger partial charge < -0.3 is 4.90 Å². The van der Waals surface area contributed by atoms with Crippen molar-refractivity contribution in [2.45, 2.75) is 22.9 Å². The van der Waals surface area contributed by atoms with Gasteiger partial charge in [-0.3, -0.25) is 4.90 Å². The van der Waals surface area contributed by atoms with Crippen molar-refractivity contribution in [2.75, 3.05) is 26.0 Å². The number of hydrogen-bond acceptors (Lipinski definition) is 7. The smallest absolute Gasteiger partial charge is 0.325 e. The van der Waals surface area contributed by atoms with Crippen LogP contribution in [0.1, 0.15) is 12.6 Å². The molecule has 0 aliphatic heterocycles. The van der Waals surface area contributed by atoms with Crippen LogP contribution in [0, 0.1) is 0 Å².